The van der Waals surface area contributed by atoms with Crippen LogP contribution in [-0.4, -0.2) is 4.98 Å². The zero-order chi connectivity index (χ0) is 17.7. The average Bonchev–Trinajstić information content (AvgIpc) is 3.29. The van der Waals surface area contributed by atoms with Gasteiger partial charge in [0, 0.05) is 33.2 Å². The van der Waals surface area contributed by atoms with E-state index in [1.54, 1.807) is 0 Å². The zero-order valence-corrected chi connectivity index (χ0v) is 16.5. The fourth-order valence-corrected chi connectivity index (χ4v) is 3.29. The van der Waals surface area contributed by atoms with E-state index in [4.69, 9.17) is 16.6 Å². The molecule has 0 spiro atoms. The lowest BCUT2D eigenvalue weighted by Gasteiger charge is -2.25. The van der Waals surface area contributed by atoms with Gasteiger partial charge in [0.15, 0.2) is 0 Å². The maximum Gasteiger partial charge on any atom is 0.0539 e. The van der Waals surface area contributed by atoms with E-state index in [-0.39, 0.29) is 10.8 Å². The summed E-state index contributed by atoms with van der Waals surface area (Å²) in [5.41, 5.74) is 6.05. The van der Waals surface area contributed by atoms with E-state index in [1.165, 1.54) is 29.7 Å². The molecule has 128 valence electrons. The molecule has 0 bridgehead atoms. The standard InChI is InChI=1S/C22H28ClN/c1-21(2,3)15-9-11-18(23)17(13-15)16-10-12-19(14-7-8-14)24-20(16)22(4,5)6/h9-14H,7-8H2,1-6H3. The first-order valence-corrected chi connectivity index (χ1v) is 9.27. The SMILES string of the molecule is CC(C)(C)c1ccc(Cl)c(-c2ccc(C3CC3)nc2C(C)(C)C)c1. The van der Waals surface area contributed by atoms with Gasteiger partial charge in [0.2, 0.25) is 0 Å². The summed E-state index contributed by atoms with van der Waals surface area (Å²) in [5.74, 6) is 0.663. The minimum atomic E-state index is -0.0126. The predicted octanol–water partition coefficient (Wildman–Crippen LogP) is 6.87. The molecule has 0 saturated heterocycles. The summed E-state index contributed by atoms with van der Waals surface area (Å²) in [7, 11) is 0. The smallest absolute Gasteiger partial charge is 0.0539 e. The molecule has 2 aromatic rings. The molecule has 0 radical (unpaired) electrons. The zero-order valence-electron chi connectivity index (χ0n) is 15.7. The molecule has 1 saturated carbocycles. The highest BCUT2D eigenvalue weighted by atomic mass is 35.5. The van der Waals surface area contributed by atoms with Gasteiger partial charge in [0.25, 0.3) is 0 Å². The first kappa shape index (κ1) is 17.5. The molecule has 0 unspecified atom stereocenters. The third-order valence-corrected chi connectivity index (χ3v) is 5.07. The number of halogens is 1. The average molecular weight is 342 g/mol. The summed E-state index contributed by atoms with van der Waals surface area (Å²) < 4.78 is 0. The Bertz CT molecular complexity index is 759. The van der Waals surface area contributed by atoms with Gasteiger partial charge in [-0.2, -0.15) is 0 Å². The molecule has 1 nitrogen and oxygen atoms in total. The molecule has 0 atom stereocenters. The highest BCUT2D eigenvalue weighted by Crippen LogP contribution is 2.43. The lowest BCUT2D eigenvalue weighted by Crippen LogP contribution is -2.17. The van der Waals surface area contributed by atoms with Crippen LogP contribution in [0.5, 0.6) is 0 Å². The van der Waals surface area contributed by atoms with Crippen molar-refractivity contribution in [2.24, 2.45) is 0 Å². The number of hydrogen-bond acceptors (Lipinski definition) is 1. The Labute approximate surface area is 151 Å². The second-order valence-electron chi connectivity index (χ2n) is 9.10. The van der Waals surface area contributed by atoms with Crippen LogP contribution in [0.1, 0.15) is 77.3 Å². The summed E-state index contributed by atoms with van der Waals surface area (Å²) in [6.07, 6.45) is 2.55. The van der Waals surface area contributed by atoms with E-state index in [9.17, 15) is 0 Å². The number of aromatic nitrogens is 1. The summed E-state index contributed by atoms with van der Waals surface area (Å²) in [6, 6.07) is 10.8. The van der Waals surface area contributed by atoms with Gasteiger partial charge in [-0.15, -0.1) is 0 Å². The van der Waals surface area contributed by atoms with Crippen molar-refractivity contribution in [3.05, 3.63) is 52.3 Å². The summed E-state index contributed by atoms with van der Waals surface area (Å²) in [4.78, 5) is 5.06. The Morgan fingerprint density at radius 2 is 1.54 bits per heavy atom. The quantitative estimate of drug-likeness (QED) is 0.580. The monoisotopic (exact) mass is 341 g/mol. The molecule has 1 aliphatic carbocycles. The minimum Gasteiger partial charge on any atom is -0.256 e. The van der Waals surface area contributed by atoms with Gasteiger partial charge < -0.3 is 0 Å². The molecule has 3 rings (SSSR count). The van der Waals surface area contributed by atoms with Crippen molar-refractivity contribution < 1.29 is 0 Å². The van der Waals surface area contributed by atoms with Crippen LogP contribution in [0.2, 0.25) is 5.02 Å². The maximum atomic E-state index is 6.59. The number of hydrogen-bond donors (Lipinski definition) is 0. The Morgan fingerprint density at radius 1 is 0.875 bits per heavy atom. The lowest BCUT2D eigenvalue weighted by atomic mass is 9.82. The van der Waals surface area contributed by atoms with E-state index in [0.29, 0.717) is 5.92 Å². The fourth-order valence-electron chi connectivity index (χ4n) is 3.07. The molecule has 24 heavy (non-hydrogen) atoms. The van der Waals surface area contributed by atoms with Crippen LogP contribution in [0.3, 0.4) is 0 Å². The van der Waals surface area contributed by atoms with E-state index >= 15 is 0 Å². The van der Waals surface area contributed by atoms with Crippen molar-refractivity contribution >= 4 is 11.6 Å². The maximum absolute atomic E-state index is 6.59. The van der Waals surface area contributed by atoms with Crippen molar-refractivity contribution in [2.75, 3.05) is 0 Å². The summed E-state index contributed by atoms with van der Waals surface area (Å²) >= 11 is 6.59. The van der Waals surface area contributed by atoms with Crippen molar-refractivity contribution in [1.82, 2.24) is 4.98 Å². The molecule has 0 aliphatic heterocycles. The lowest BCUT2D eigenvalue weighted by molar-refractivity contribution is 0.567. The van der Waals surface area contributed by atoms with Crippen molar-refractivity contribution in [1.29, 1.82) is 0 Å². The van der Waals surface area contributed by atoms with Gasteiger partial charge in [0.05, 0.1) is 5.69 Å². The Morgan fingerprint density at radius 3 is 2.08 bits per heavy atom. The molecule has 1 aliphatic rings. The van der Waals surface area contributed by atoms with Gasteiger partial charge in [-0.05, 0) is 42.0 Å². The molecule has 1 fully saturated rings. The predicted molar refractivity (Wildman–Crippen MR) is 104 cm³/mol. The molecule has 1 aromatic heterocycles. The van der Waals surface area contributed by atoms with Crippen LogP contribution < -0.4 is 0 Å². The van der Waals surface area contributed by atoms with Gasteiger partial charge in [-0.1, -0.05) is 65.3 Å². The third kappa shape index (κ3) is 3.52. The molecular weight excluding hydrogens is 314 g/mol. The van der Waals surface area contributed by atoms with Gasteiger partial charge >= 0.3 is 0 Å². The Hall–Kier alpha value is -1.34. The summed E-state index contributed by atoms with van der Waals surface area (Å²) in [6.45, 7) is 13.4. The van der Waals surface area contributed by atoms with E-state index in [0.717, 1.165) is 16.3 Å². The van der Waals surface area contributed by atoms with Crippen LogP contribution in [0, 0.1) is 0 Å². The highest BCUT2D eigenvalue weighted by Gasteiger charge is 2.29. The van der Waals surface area contributed by atoms with Gasteiger partial charge in [0.1, 0.15) is 0 Å². The molecule has 0 N–H and O–H groups in total. The molecule has 0 amide bonds. The van der Waals surface area contributed by atoms with Crippen LogP contribution >= 0.6 is 11.6 Å². The highest BCUT2D eigenvalue weighted by molar-refractivity contribution is 6.33. The topological polar surface area (TPSA) is 12.9 Å². The number of pyridine rings is 1. The van der Waals surface area contributed by atoms with Crippen LogP contribution in [0.25, 0.3) is 11.1 Å². The van der Waals surface area contributed by atoms with Crippen molar-refractivity contribution in [3.63, 3.8) is 0 Å². The Balaban J connectivity index is 2.18. The number of nitrogens with zero attached hydrogens (tertiary/aromatic N) is 1. The minimum absolute atomic E-state index is 0.0126. The van der Waals surface area contributed by atoms with Crippen LogP contribution in [0.15, 0.2) is 30.3 Å². The van der Waals surface area contributed by atoms with E-state index in [2.05, 4.69) is 65.8 Å². The molecular formula is C22H28ClN. The first-order valence-electron chi connectivity index (χ1n) is 8.89. The third-order valence-electron chi connectivity index (χ3n) is 4.75. The molecule has 1 heterocycles. The largest absolute Gasteiger partial charge is 0.256 e. The number of rotatable bonds is 2. The number of benzene rings is 1. The second kappa shape index (κ2) is 5.88. The second-order valence-corrected chi connectivity index (χ2v) is 9.51. The van der Waals surface area contributed by atoms with E-state index in [1.807, 2.05) is 6.07 Å². The molecule has 2 heteroatoms. The van der Waals surface area contributed by atoms with E-state index < -0.39 is 0 Å². The normalized spacial score (nSPS) is 15.6. The molecule has 1 aromatic carbocycles. The van der Waals surface area contributed by atoms with Gasteiger partial charge in [-0.3, -0.25) is 4.98 Å². The fraction of sp³-hybridized carbons (Fsp3) is 0.500. The van der Waals surface area contributed by atoms with Crippen molar-refractivity contribution in [3.8, 4) is 11.1 Å². The van der Waals surface area contributed by atoms with Crippen molar-refractivity contribution in [2.45, 2.75) is 71.1 Å². The van der Waals surface area contributed by atoms with Gasteiger partial charge in [-0.25, -0.2) is 0 Å². The van der Waals surface area contributed by atoms with Crippen LogP contribution in [0.4, 0.5) is 0 Å². The summed E-state index contributed by atoms with van der Waals surface area (Å²) in [5, 5.41) is 0.800. The first-order chi connectivity index (χ1) is 11.1. The Kier molecular flexibility index (Phi) is 4.28. The van der Waals surface area contributed by atoms with Crippen LogP contribution in [-0.2, 0) is 10.8 Å².